The second-order valence-corrected chi connectivity index (χ2v) is 6.77. The number of aliphatic hydroxyl groups is 1. The van der Waals surface area contributed by atoms with Crippen LogP contribution in [0.5, 0.6) is 5.75 Å². The lowest BCUT2D eigenvalue weighted by Crippen LogP contribution is -2.20. The lowest BCUT2D eigenvalue weighted by Gasteiger charge is -2.32. The van der Waals surface area contributed by atoms with Crippen LogP contribution in [0.15, 0.2) is 34.8 Å². The van der Waals surface area contributed by atoms with Gasteiger partial charge in [0.2, 0.25) is 0 Å². The molecule has 3 heteroatoms. The fourth-order valence-corrected chi connectivity index (χ4v) is 3.63. The zero-order chi connectivity index (χ0) is 15.1. The van der Waals surface area contributed by atoms with Crippen LogP contribution in [0, 0.1) is 20.8 Å². The highest BCUT2D eigenvalue weighted by atomic mass is 79.9. The highest BCUT2D eigenvalue weighted by Crippen LogP contribution is 2.43. The molecule has 2 aromatic carbocycles. The standard InChI is InChI=1S/C18H19BrO2/c1-10-6-11(2)18(12(3)7-10)17-9-15(20)14-5-4-13(19)8-16(14)21-17/h4-8,15,17,20H,9H2,1-3H3/t15-,17?/m0/s1. The number of aliphatic hydroxyl groups excluding tert-OH is 1. The minimum atomic E-state index is -0.480. The van der Waals surface area contributed by atoms with E-state index >= 15 is 0 Å². The van der Waals surface area contributed by atoms with E-state index in [0.717, 1.165) is 15.8 Å². The van der Waals surface area contributed by atoms with Crippen molar-refractivity contribution < 1.29 is 9.84 Å². The van der Waals surface area contributed by atoms with Crippen LogP contribution in [0.25, 0.3) is 0 Å². The molecule has 2 nitrogen and oxygen atoms in total. The van der Waals surface area contributed by atoms with Gasteiger partial charge in [-0.05, 0) is 49.6 Å². The van der Waals surface area contributed by atoms with Crippen molar-refractivity contribution in [1.29, 1.82) is 0 Å². The van der Waals surface area contributed by atoms with Gasteiger partial charge in [-0.2, -0.15) is 0 Å². The first-order valence-electron chi connectivity index (χ1n) is 7.17. The molecule has 2 aromatic rings. The van der Waals surface area contributed by atoms with Gasteiger partial charge in [-0.25, -0.2) is 0 Å². The first-order chi connectivity index (χ1) is 9.95. The minimum Gasteiger partial charge on any atom is -0.485 e. The molecule has 0 saturated carbocycles. The Labute approximate surface area is 133 Å². The molecule has 1 aliphatic rings. The summed E-state index contributed by atoms with van der Waals surface area (Å²) in [5.74, 6) is 0.771. The van der Waals surface area contributed by atoms with Crippen LogP contribution in [0.3, 0.4) is 0 Å². The van der Waals surface area contributed by atoms with Crippen molar-refractivity contribution in [3.05, 3.63) is 62.6 Å². The zero-order valence-corrected chi connectivity index (χ0v) is 14.1. The van der Waals surface area contributed by atoms with E-state index in [1.165, 1.54) is 22.3 Å². The van der Waals surface area contributed by atoms with Crippen molar-refractivity contribution in [1.82, 2.24) is 0 Å². The van der Waals surface area contributed by atoms with Gasteiger partial charge in [-0.1, -0.05) is 39.7 Å². The Kier molecular flexibility index (Phi) is 3.80. The van der Waals surface area contributed by atoms with Crippen LogP contribution >= 0.6 is 15.9 Å². The Morgan fingerprint density at radius 1 is 1.10 bits per heavy atom. The summed E-state index contributed by atoms with van der Waals surface area (Å²) in [6, 6.07) is 10.1. The summed E-state index contributed by atoms with van der Waals surface area (Å²) >= 11 is 3.46. The van der Waals surface area contributed by atoms with Gasteiger partial charge in [0.05, 0.1) is 6.10 Å². The molecule has 0 amide bonds. The fourth-order valence-electron chi connectivity index (χ4n) is 3.29. The van der Waals surface area contributed by atoms with Gasteiger partial charge in [0.1, 0.15) is 11.9 Å². The van der Waals surface area contributed by atoms with E-state index in [1.807, 2.05) is 18.2 Å². The normalized spacial score (nSPS) is 20.8. The first-order valence-corrected chi connectivity index (χ1v) is 7.97. The summed E-state index contributed by atoms with van der Waals surface area (Å²) in [7, 11) is 0. The summed E-state index contributed by atoms with van der Waals surface area (Å²) < 4.78 is 7.15. The minimum absolute atomic E-state index is 0.0950. The van der Waals surface area contributed by atoms with Crippen molar-refractivity contribution in [2.75, 3.05) is 0 Å². The highest BCUT2D eigenvalue weighted by Gasteiger charge is 2.29. The maximum atomic E-state index is 10.4. The predicted octanol–water partition coefficient (Wildman–Crippen LogP) is 4.93. The van der Waals surface area contributed by atoms with E-state index in [4.69, 9.17) is 4.74 Å². The predicted molar refractivity (Wildman–Crippen MR) is 87.7 cm³/mol. The number of halogens is 1. The SMILES string of the molecule is Cc1cc(C)c(C2C[C@H](O)c3ccc(Br)cc3O2)c(C)c1. The monoisotopic (exact) mass is 346 g/mol. The highest BCUT2D eigenvalue weighted by molar-refractivity contribution is 9.10. The third kappa shape index (κ3) is 2.72. The molecule has 110 valence electrons. The quantitative estimate of drug-likeness (QED) is 0.792. The number of rotatable bonds is 1. The largest absolute Gasteiger partial charge is 0.485 e. The van der Waals surface area contributed by atoms with Crippen LogP contribution in [-0.4, -0.2) is 5.11 Å². The van der Waals surface area contributed by atoms with Crippen LogP contribution in [0.1, 0.15) is 46.4 Å². The molecule has 3 rings (SSSR count). The number of hydrogen-bond donors (Lipinski definition) is 1. The van der Waals surface area contributed by atoms with Crippen molar-refractivity contribution in [3.8, 4) is 5.75 Å². The van der Waals surface area contributed by atoms with Crippen molar-refractivity contribution in [2.24, 2.45) is 0 Å². The third-order valence-corrected chi connectivity index (χ3v) is 4.59. The molecule has 0 bridgehead atoms. The summed E-state index contributed by atoms with van der Waals surface area (Å²) in [6.07, 6.45) is 0.0219. The lowest BCUT2D eigenvalue weighted by atomic mass is 9.89. The summed E-state index contributed by atoms with van der Waals surface area (Å²) in [6.45, 7) is 6.33. The maximum Gasteiger partial charge on any atom is 0.127 e. The molecule has 2 atom stereocenters. The van der Waals surface area contributed by atoms with E-state index in [9.17, 15) is 5.11 Å². The van der Waals surface area contributed by atoms with E-state index in [2.05, 4.69) is 48.8 Å². The molecule has 1 aliphatic heterocycles. The van der Waals surface area contributed by atoms with Gasteiger partial charge in [-0.15, -0.1) is 0 Å². The summed E-state index contributed by atoms with van der Waals surface area (Å²) in [4.78, 5) is 0. The van der Waals surface area contributed by atoms with E-state index < -0.39 is 6.10 Å². The average molecular weight is 347 g/mol. The molecular weight excluding hydrogens is 328 g/mol. The Balaban J connectivity index is 2.03. The topological polar surface area (TPSA) is 29.5 Å². The molecule has 1 heterocycles. The van der Waals surface area contributed by atoms with Crippen molar-refractivity contribution >= 4 is 15.9 Å². The molecule has 1 N–H and O–H groups in total. The zero-order valence-electron chi connectivity index (χ0n) is 12.5. The Morgan fingerprint density at radius 3 is 2.43 bits per heavy atom. The molecule has 0 saturated heterocycles. The molecule has 0 radical (unpaired) electrons. The van der Waals surface area contributed by atoms with Gasteiger partial charge in [-0.3, -0.25) is 0 Å². The van der Waals surface area contributed by atoms with Crippen LogP contribution in [0.4, 0.5) is 0 Å². The van der Waals surface area contributed by atoms with Crippen molar-refractivity contribution in [3.63, 3.8) is 0 Å². The van der Waals surface area contributed by atoms with Gasteiger partial charge >= 0.3 is 0 Å². The smallest absolute Gasteiger partial charge is 0.127 e. The fraction of sp³-hybridized carbons (Fsp3) is 0.333. The second-order valence-electron chi connectivity index (χ2n) is 5.85. The van der Waals surface area contributed by atoms with Crippen LogP contribution in [-0.2, 0) is 0 Å². The van der Waals surface area contributed by atoms with Gasteiger partial charge in [0.25, 0.3) is 0 Å². The molecule has 21 heavy (non-hydrogen) atoms. The van der Waals surface area contributed by atoms with Crippen LogP contribution < -0.4 is 4.74 Å². The molecule has 0 aliphatic carbocycles. The summed E-state index contributed by atoms with van der Waals surface area (Å²) in [5.41, 5.74) is 5.78. The number of aryl methyl sites for hydroxylation is 3. The third-order valence-electron chi connectivity index (χ3n) is 4.10. The van der Waals surface area contributed by atoms with Gasteiger partial charge in [0.15, 0.2) is 0 Å². The lowest BCUT2D eigenvalue weighted by molar-refractivity contribution is 0.0651. The maximum absolute atomic E-state index is 10.4. The van der Waals surface area contributed by atoms with Crippen molar-refractivity contribution in [2.45, 2.75) is 39.4 Å². The van der Waals surface area contributed by atoms with Gasteiger partial charge < -0.3 is 9.84 Å². The number of hydrogen-bond acceptors (Lipinski definition) is 2. The Hall–Kier alpha value is -1.32. The molecule has 1 unspecified atom stereocenters. The Morgan fingerprint density at radius 2 is 1.76 bits per heavy atom. The molecule has 0 spiro atoms. The van der Waals surface area contributed by atoms with E-state index in [-0.39, 0.29) is 6.10 Å². The van der Waals surface area contributed by atoms with Gasteiger partial charge in [0, 0.05) is 16.5 Å². The number of fused-ring (bicyclic) bond motifs is 1. The molecule has 0 aromatic heterocycles. The first kappa shape index (κ1) is 14.6. The summed E-state index contributed by atoms with van der Waals surface area (Å²) in [5, 5.41) is 10.4. The Bertz CT molecular complexity index is 671. The molecule has 0 fully saturated rings. The van der Waals surface area contributed by atoms with Crippen LogP contribution in [0.2, 0.25) is 0 Å². The molecular formula is C18H19BrO2. The average Bonchev–Trinajstić information content (AvgIpc) is 2.36. The van der Waals surface area contributed by atoms with E-state index in [1.54, 1.807) is 0 Å². The second kappa shape index (κ2) is 5.47. The number of benzene rings is 2. The number of ether oxygens (including phenoxy) is 1. The van der Waals surface area contributed by atoms with E-state index in [0.29, 0.717) is 6.42 Å².